The molecule has 0 aromatic heterocycles. The first-order valence-electron chi connectivity index (χ1n) is 5.46. The summed E-state index contributed by atoms with van der Waals surface area (Å²) in [6, 6.07) is 0. The minimum absolute atomic E-state index is 0.208. The second-order valence-corrected chi connectivity index (χ2v) is 4.32. The second kappa shape index (κ2) is 3.81. The summed E-state index contributed by atoms with van der Waals surface area (Å²) in [4.78, 5) is 2.27. The second-order valence-electron chi connectivity index (χ2n) is 4.32. The molecule has 0 amide bonds. The van der Waals surface area contributed by atoms with Gasteiger partial charge < -0.3 is 5.73 Å². The number of hydrogen-bond donors (Lipinski definition) is 2. The lowest BCUT2D eigenvalue weighted by molar-refractivity contribution is 0.271. The Morgan fingerprint density at radius 1 is 1.33 bits per heavy atom. The number of hydrogen-bond acceptors (Lipinski definition) is 2. The predicted octanol–water partition coefficient (Wildman–Crippen LogP) is 1.33. The zero-order chi connectivity index (χ0) is 10.9. The molecule has 3 N–H and O–H groups in total. The summed E-state index contributed by atoms with van der Waals surface area (Å²) in [6.07, 6.45) is 10.5. The van der Waals surface area contributed by atoms with Crippen LogP contribution in [0.2, 0.25) is 0 Å². The third-order valence-corrected chi connectivity index (χ3v) is 3.26. The van der Waals surface area contributed by atoms with Crippen molar-refractivity contribution in [2.75, 3.05) is 13.1 Å². The fraction of sp³-hybridized carbons (Fsp3) is 0.500. The molecule has 0 atom stereocenters. The molecule has 2 rings (SSSR count). The van der Waals surface area contributed by atoms with E-state index in [1.165, 1.54) is 12.8 Å². The smallest absolute Gasteiger partial charge is 0.120 e. The molecule has 3 nitrogen and oxygen atoms in total. The van der Waals surface area contributed by atoms with Crippen molar-refractivity contribution in [3.05, 3.63) is 31.2 Å². The lowest BCUT2D eigenvalue weighted by Crippen LogP contribution is -2.54. The fourth-order valence-corrected chi connectivity index (χ4v) is 2.31. The Balaban J connectivity index is 2.29. The van der Waals surface area contributed by atoms with Gasteiger partial charge in [-0.15, -0.1) is 0 Å². The van der Waals surface area contributed by atoms with Crippen LogP contribution in [-0.4, -0.2) is 29.4 Å². The number of nitrogens with two attached hydrogens (primary N) is 1. The highest BCUT2D eigenvalue weighted by atomic mass is 15.2. The Labute approximate surface area is 91.1 Å². The summed E-state index contributed by atoms with van der Waals surface area (Å²) < 4.78 is 0. The van der Waals surface area contributed by atoms with Crippen LogP contribution in [0.5, 0.6) is 0 Å². The van der Waals surface area contributed by atoms with Gasteiger partial charge in [0.2, 0.25) is 0 Å². The largest absolute Gasteiger partial charge is 0.386 e. The average molecular weight is 204 g/mol. The van der Waals surface area contributed by atoms with Crippen LogP contribution >= 0.6 is 0 Å². The molecule has 2 aliphatic rings. The van der Waals surface area contributed by atoms with E-state index in [-0.39, 0.29) is 11.8 Å². The summed E-state index contributed by atoms with van der Waals surface area (Å²) in [5.74, 6) is 0.420. The van der Waals surface area contributed by atoms with Crippen LogP contribution in [0.4, 0.5) is 0 Å². The first kappa shape index (κ1) is 10.4. The van der Waals surface area contributed by atoms with Crippen LogP contribution in [0.15, 0.2) is 24.3 Å². The standard InChI is InChI=1S/C12H18N3/c1-10-4-6-12(7-5-10,11(13)14)15-8-2-3-9-15/h4-7,10H,1-3,8-9H2,(H3,13,14). The number of rotatable bonds is 2. The van der Waals surface area contributed by atoms with Crippen LogP contribution in [-0.2, 0) is 0 Å². The van der Waals surface area contributed by atoms with Crippen molar-refractivity contribution >= 4 is 5.84 Å². The maximum Gasteiger partial charge on any atom is 0.120 e. The number of amidine groups is 1. The van der Waals surface area contributed by atoms with E-state index in [1.54, 1.807) is 0 Å². The van der Waals surface area contributed by atoms with E-state index in [2.05, 4.69) is 11.8 Å². The van der Waals surface area contributed by atoms with Gasteiger partial charge in [0.25, 0.3) is 0 Å². The zero-order valence-electron chi connectivity index (χ0n) is 8.95. The van der Waals surface area contributed by atoms with E-state index < -0.39 is 5.54 Å². The number of allylic oxidation sites excluding steroid dienone is 2. The van der Waals surface area contributed by atoms with E-state index in [9.17, 15) is 0 Å². The number of nitrogens with one attached hydrogen (secondary N) is 1. The van der Waals surface area contributed by atoms with Gasteiger partial charge in [-0.05, 0) is 38.8 Å². The Hall–Kier alpha value is -1.09. The van der Waals surface area contributed by atoms with Crippen molar-refractivity contribution in [3.8, 4) is 0 Å². The third kappa shape index (κ3) is 1.72. The molecule has 0 saturated carbocycles. The predicted molar refractivity (Wildman–Crippen MR) is 62.6 cm³/mol. The molecule has 1 saturated heterocycles. The molecule has 0 aromatic carbocycles. The van der Waals surface area contributed by atoms with E-state index >= 15 is 0 Å². The first-order valence-corrected chi connectivity index (χ1v) is 5.46. The van der Waals surface area contributed by atoms with Crippen LogP contribution in [0.3, 0.4) is 0 Å². The minimum Gasteiger partial charge on any atom is -0.386 e. The van der Waals surface area contributed by atoms with Gasteiger partial charge in [0, 0.05) is 0 Å². The van der Waals surface area contributed by atoms with Crippen LogP contribution < -0.4 is 5.73 Å². The highest BCUT2D eigenvalue weighted by Crippen LogP contribution is 2.28. The summed E-state index contributed by atoms with van der Waals surface area (Å²) >= 11 is 0. The molecule has 0 aromatic rings. The summed E-state index contributed by atoms with van der Waals surface area (Å²) in [5, 5.41) is 7.78. The lowest BCUT2D eigenvalue weighted by Gasteiger charge is -2.38. The average Bonchev–Trinajstić information content (AvgIpc) is 2.72. The van der Waals surface area contributed by atoms with Gasteiger partial charge in [-0.25, -0.2) is 0 Å². The van der Waals surface area contributed by atoms with Crippen LogP contribution in [0.1, 0.15) is 12.8 Å². The van der Waals surface area contributed by atoms with Gasteiger partial charge in [-0.2, -0.15) is 0 Å². The van der Waals surface area contributed by atoms with Crippen molar-refractivity contribution in [3.63, 3.8) is 0 Å². The molecule has 3 heteroatoms. The van der Waals surface area contributed by atoms with Crippen molar-refractivity contribution < 1.29 is 0 Å². The molecule has 0 unspecified atom stereocenters. The lowest BCUT2D eigenvalue weighted by atomic mass is 9.87. The van der Waals surface area contributed by atoms with Crippen LogP contribution in [0, 0.1) is 18.3 Å². The number of nitrogens with zero attached hydrogens (tertiary/aromatic N) is 1. The van der Waals surface area contributed by atoms with E-state index in [1.807, 2.05) is 24.3 Å². The fourth-order valence-electron chi connectivity index (χ4n) is 2.31. The van der Waals surface area contributed by atoms with Crippen molar-refractivity contribution in [2.24, 2.45) is 11.7 Å². The summed E-state index contributed by atoms with van der Waals surface area (Å²) in [6.45, 7) is 5.99. The molecule has 1 aliphatic carbocycles. The molecular formula is C12H18N3. The van der Waals surface area contributed by atoms with Gasteiger partial charge in [0.15, 0.2) is 0 Å². The molecule has 0 bridgehead atoms. The molecule has 15 heavy (non-hydrogen) atoms. The van der Waals surface area contributed by atoms with Gasteiger partial charge >= 0.3 is 0 Å². The van der Waals surface area contributed by atoms with Gasteiger partial charge in [0.1, 0.15) is 11.4 Å². The summed E-state index contributed by atoms with van der Waals surface area (Å²) in [7, 11) is 0. The monoisotopic (exact) mass is 204 g/mol. The normalized spacial score (nSPS) is 35.9. The van der Waals surface area contributed by atoms with Crippen LogP contribution in [0.25, 0.3) is 0 Å². The first-order chi connectivity index (χ1) is 7.15. The Morgan fingerprint density at radius 3 is 2.33 bits per heavy atom. The zero-order valence-corrected chi connectivity index (χ0v) is 8.95. The quantitative estimate of drug-likeness (QED) is 0.405. The maximum absolute atomic E-state index is 7.78. The molecule has 0 spiro atoms. The highest BCUT2D eigenvalue weighted by Gasteiger charge is 2.37. The van der Waals surface area contributed by atoms with E-state index in [0.717, 1.165) is 13.1 Å². The molecule has 81 valence electrons. The van der Waals surface area contributed by atoms with Gasteiger partial charge in [-0.1, -0.05) is 24.3 Å². The van der Waals surface area contributed by atoms with Crippen molar-refractivity contribution in [1.82, 2.24) is 4.90 Å². The number of likely N-dealkylation sites (tertiary alicyclic amines) is 1. The van der Waals surface area contributed by atoms with E-state index in [4.69, 9.17) is 11.1 Å². The molecule has 1 fully saturated rings. The Kier molecular flexibility index (Phi) is 2.65. The molecule has 1 heterocycles. The summed E-state index contributed by atoms with van der Waals surface area (Å²) in [5.41, 5.74) is 5.28. The molecule has 1 aliphatic heterocycles. The topological polar surface area (TPSA) is 53.1 Å². The van der Waals surface area contributed by atoms with E-state index in [0.29, 0.717) is 0 Å². The maximum atomic E-state index is 7.78. The van der Waals surface area contributed by atoms with Crippen molar-refractivity contribution in [2.45, 2.75) is 18.4 Å². The minimum atomic E-state index is -0.468. The third-order valence-electron chi connectivity index (χ3n) is 3.26. The molecular weight excluding hydrogens is 186 g/mol. The van der Waals surface area contributed by atoms with Crippen molar-refractivity contribution in [1.29, 1.82) is 5.41 Å². The van der Waals surface area contributed by atoms with Gasteiger partial charge in [-0.3, -0.25) is 10.3 Å². The van der Waals surface area contributed by atoms with Gasteiger partial charge in [0.05, 0.1) is 0 Å². The SMILES string of the molecule is [CH2]C1C=CC(C(=N)N)(N2CCCC2)C=C1. The molecule has 1 radical (unpaired) electrons. The Morgan fingerprint density at radius 2 is 1.87 bits per heavy atom. The highest BCUT2D eigenvalue weighted by molar-refractivity contribution is 5.92. The Bertz CT molecular complexity index is 297.